The third kappa shape index (κ3) is 5.04. The Morgan fingerprint density at radius 3 is 2.48 bits per heavy atom. The summed E-state index contributed by atoms with van der Waals surface area (Å²) in [7, 11) is 2.00. The first kappa shape index (κ1) is 22.9. The van der Waals surface area contributed by atoms with Gasteiger partial charge in [0.25, 0.3) is 0 Å². The van der Waals surface area contributed by atoms with Gasteiger partial charge in [-0.3, -0.25) is 14.6 Å². The molecule has 1 saturated heterocycles. The van der Waals surface area contributed by atoms with E-state index in [2.05, 4.69) is 66.1 Å². The number of hydrogen-bond donors (Lipinski definition) is 0. The van der Waals surface area contributed by atoms with Gasteiger partial charge in [0.05, 0.1) is 25.0 Å². The molecular weight excluding hydrogens is 438 g/mol. The highest BCUT2D eigenvalue weighted by Gasteiger charge is 2.29. The molecule has 1 aliphatic rings. The fourth-order valence-electron chi connectivity index (χ4n) is 4.25. The van der Waals surface area contributed by atoms with Crippen LogP contribution in [0.2, 0.25) is 0 Å². The molecule has 1 aromatic carbocycles. The van der Waals surface area contributed by atoms with Crippen molar-refractivity contribution in [3.05, 3.63) is 84.1 Å². The number of piperazine rings is 1. The molecule has 33 heavy (non-hydrogen) atoms. The quantitative estimate of drug-likeness (QED) is 0.433. The molecule has 9 nitrogen and oxygen atoms in total. The molecule has 1 atom stereocenters. The Bertz CT molecular complexity index is 1140. The van der Waals surface area contributed by atoms with Gasteiger partial charge in [0.1, 0.15) is 18.5 Å². The van der Waals surface area contributed by atoms with Crippen molar-refractivity contribution in [3.63, 3.8) is 0 Å². The molecule has 10 heteroatoms. The molecule has 0 aliphatic carbocycles. The second-order valence-electron chi connectivity index (χ2n) is 8.21. The van der Waals surface area contributed by atoms with Crippen molar-refractivity contribution in [2.45, 2.75) is 26.1 Å². The third-order valence-corrected chi connectivity index (χ3v) is 6.25. The smallest absolute Gasteiger partial charge is 0.147 e. The molecule has 4 aromatic rings. The van der Waals surface area contributed by atoms with Crippen LogP contribution in [0.25, 0.3) is 0 Å². The molecule has 0 bridgehead atoms. The van der Waals surface area contributed by atoms with E-state index in [0.29, 0.717) is 0 Å². The molecule has 0 N–H and O–H groups in total. The average molecular weight is 466 g/mol. The standard InChI is InChI=1S/C23H27N9.ClH/c1-18-21(11-27-29(18)2)14-30-9-10-31(23-12-24-7-8-26-23)15-22(30)20-5-3-19(4-6-20)13-32-17-25-16-28-32;/h3-8,11-12,16-17,22H,9-10,13-15H2,1-2H3;1H. The molecule has 5 rings (SSSR count). The number of halogens is 1. The van der Waals surface area contributed by atoms with Crippen LogP contribution >= 0.6 is 12.4 Å². The zero-order chi connectivity index (χ0) is 21.9. The fraction of sp³-hybridized carbons (Fsp3) is 0.348. The molecule has 172 valence electrons. The van der Waals surface area contributed by atoms with Gasteiger partial charge in [0.2, 0.25) is 0 Å². The lowest BCUT2D eigenvalue weighted by Crippen LogP contribution is -2.48. The van der Waals surface area contributed by atoms with Gasteiger partial charge in [0, 0.05) is 56.9 Å². The van der Waals surface area contributed by atoms with E-state index in [9.17, 15) is 0 Å². The largest absolute Gasteiger partial charge is 0.352 e. The van der Waals surface area contributed by atoms with E-state index in [1.54, 1.807) is 25.0 Å². The van der Waals surface area contributed by atoms with Gasteiger partial charge in [-0.05, 0) is 18.1 Å². The second kappa shape index (κ2) is 10.1. The minimum atomic E-state index is 0. The van der Waals surface area contributed by atoms with E-state index in [4.69, 9.17) is 0 Å². The van der Waals surface area contributed by atoms with Crippen LogP contribution in [0.5, 0.6) is 0 Å². The van der Waals surface area contributed by atoms with Crippen LogP contribution in [-0.2, 0) is 20.1 Å². The number of benzene rings is 1. The zero-order valence-corrected chi connectivity index (χ0v) is 19.6. The van der Waals surface area contributed by atoms with Crippen molar-refractivity contribution in [2.24, 2.45) is 7.05 Å². The maximum Gasteiger partial charge on any atom is 0.147 e. The molecular formula is C23H28ClN9. The minimum absolute atomic E-state index is 0. The van der Waals surface area contributed by atoms with Crippen molar-refractivity contribution in [1.29, 1.82) is 0 Å². The summed E-state index contributed by atoms with van der Waals surface area (Å²) in [4.78, 5) is 17.7. The van der Waals surface area contributed by atoms with Gasteiger partial charge in [-0.2, -0.15) is 10.2 Å². The van der Waals surface area contributed by atoms with Crippen molar-refractivity contribution in [3.8, 4) is 0 Å². The molecule has 1 aliphatic heterocycles. The van der Waals surface area contributed by atoms with Gasteiger partial charge >= 0.3 is 0 Å². The predicted octanol–water partition coefficient (Wildman–Crippen LogP) is 2.64. The summed E-state index contributed by atoms with van der Waals surface area (Å²) in [6, 6.07) is 9.09. The van der Waals surface area contributed by atoms with Crippen LogP contribution in [0.3, 0.4) is 0 Å². The molecule has 0 saturated carbocycles. The van der Waals surface area contributed by atoms with Gasteiger partial charge < -0.3 is 4.90 Å². The zero-order valence-electron chi connectivity index (χ0n) is 18.8. The number of hydrogen-bond acceptors (Lipinski definition) is 7. The molecule has 1 unspecified atom stereocenters. The summed E-state index contributed by atoms with van der Waals surface area (Å²) in [6.45, 7) is 6.44. The van der Waals surface area contributed by atoms with E-state index in [-0.39, 0.29) is 18.4 Å². The summed E-state index contributed by atoms with van der Waals surface area (Å²) in [5, 5.41) is 8.64. The molecule has 1 fully saturated rings. The first-order chi connectivity index (χ1) is 15.7. The first-order valence-electron chi connectivity index (χ1n) is 10.8. The lowest BCUT2D eigenvalue weighted by Gasteiger charge is -2.42. The van der Waals surface area contributed by atoms with Gasteiger partial charge in [-0.15, -0.1) is 12.4 Å². The third-order valence-electron chi connectivity index (χ3n) is 6.25. The maximum atomic E-state index is 4.53. The lowest BCUT2D eigenvalue weighted by molar-refractivity contribution is 0.168. The normalized spacial score (nSPS) is 16.5. The Labute approximate surface area is 199 Å². The lowest BCUT2D eigenvalue weighted by atomic mass is 10.00. The molecule has 0 radical (unpaired) electrons. The number of nitrogens with zero attached hydrogens (tertiary/aromatic N) is 9. The average Bonchev–Trinajstić information content (AvgIpc) is 3.46. The Hall–Kier alpha value is -3.30. The Balaban J connectivity index is 0.00000259. The van der Waals surface area contributed by atoms with E-state index >= 15 is 0 Å². The summed E-state index contributed by atoms with van der Waals surface area (Å²) < 4.78 is 3.78. The maximum absolute atomic E-state index is 4.53. The minimum Gasteiger partial charge on any atom is -0.352 e. The summed E-state index contributed by atoms with van der Waals surface area (Å²) in [5.41, 5.74) is 4.98. The van der Waals surface area contributed by atoms with Crippen molar-refractivity contribution in [2.75, 3.05) is 24.5 Å². The van der Waals surface area contributed by atoms with Crippen molar-refractivity contribution in [1.82, 2.24) is 39.4 Å². The Kier molecular flexibility index (Phi) is 7.00. The number of aromatic nitrogens is 7. The van der Waals surface area contributed by atoms with Gasteiger partial charge in [-0.1, -0.05) is 24.3 Å². The molecule has 3 aromatic heterocycles. The van der Waals surface area contributed by atoms with Crippen LogP contribution in [0.4, 0.5) is 5.82 Å². The Morgan fingerprint density at radius 1 is 0.970 bits per heavy atom. The fourth-order valence-corrected chi connectivity index (χ4v) is 4.25. The summed E-state index contributed by atoms with van der Waals surface area (Å²) in [6.07, 6.45) is 10.6. The van der Waals surface area contributed by atoms with Crippen LogP contribution in [-0.4, -0.2) is 59.0 Å². The number of aryl methyl sites for hydroxylation is 1. The van der Waals surface area contributed by atoms with Crippen LogP contribution in [0.1, 0.15) is 28.4 Å². The second-order valence-corrected chi connectivity index (χ2v) is 8.21. The predicted molar refractivity (Wildman–Crippen MR) is 128 cm³/mol. The van der Waals surface area contributed by atoms with Crippen LogP contribution in [0, 0.1) is 6.92 Å². The highest BCUT2D eigenvalue weighted by Crippen LogP contribution is 2.30. The van der Waals surface area contributed by atoms with Crippen LogP contribution in [0.15, 0.2) is 61.7 Å². The van der Waals surface area contributed by atoms with E-state index in [1.165, 1.54) is 22.4 Å². The van der Waals surface area contributed by atoms with E-state index < -0.39 is 0 Å². The van der Waals surface area contributed by atoms with Gasteiger partial charge in [-0.25, -0.2) is 14.6 Å². The van der Waals surface area contributed by atoms with Crippen molar-refractivity contribution >= 4 is 18.2 Å². The summed E-state index contributed by atoms with van der Waals surface area (Å²) in [5.74, 6) is 0.928. The number of anilines is 1. The molecule has 0 amide bonds. The first-order valence-corrected chi connectivity index (χ1v) is 10.8. The van der Waals surface area contributed by atoms with Crippen molar-refractivity contribution < 1.29 is 0 Å². The monoisotopic (exact) mass is 465 g/mol. The highest BCUT2D eigenvalue weighted by atomic mass is 35.5. The highest BCUT2D eigenvalue weighted by molar-refractivity contribution is 5.85. The Morgan fingerprint density at radius 2 is 1.82 bits per heavy atom. The number of rotatable bonds is 6. The van der Waals surface area contributed by atoms with E-state index in [1.807, 2.05) is 28.8 Å². The van der Waals surface area contributed by atoms with Crippen LogP contribution < -0.4 is 4.90 Å². The SMILES string of the molecule is Cc1c(CN2CCN(c3cnccn3)CC2c2ccc(Cn3cncn3)cc2)cnn1C.Cl. The van der Waals surface area contributed by atoms with E-state index in [0.717, 1.165) is 38.5 Å². The molecule has 0 spiro atoms. The van der Waals surface area contributed by atoms with Gasteiger partial charge in [0.15, 0.2) is 0 Å². The summed E-state index contributed by atoms with van der Waals surface area (Å²) >= 11 is 0. The topological polar surface area (TPSA) is 80.8 Å². The molecule has 4 heterocycles.